The molecule has 9 heteroatoms. The Kier molecular flexibility index (Phi) is 4.17. The van der Waals surface area contributed by atoms with Gasteiger partial charge in [-0.2, -0.15) is 0 Å². The van der Waals surface area contributed by atoms with E-state index in [1.54, 1.807) is 12.1 Å². The molecule has 8 nitrogen and oxygen atoms in total. The summed E-state index contributed by atoms with van der Waals surface area (Å²) in [6.07, 6.45) is 0. The van der Waals surface area contributed by atoms with Crippen LogP contribution in [0.1, 0.15) is 0 Å². The second kappa shape index (κ2) is 6.42. The molecule has 0 bridgehead atoms. The quantitative estimate of drug-likeness (QED) is 0.285. The summed E-state index contributed by atoms with van der Waals surface area (Å²) in [7, 11) is 0. The van der Waals surface area contributed by atoms with Gasteiger partial charge >= 0.3 is 0 Å². The number of rotatable bonds is 3. The third kappa shape index (κ3) is 3.20. The summed E-state index contributed by atoms with van der Waals surface area (Å²) in [5.74, 6) is 0.191. The number of H-pyrrole nitrogens is 1. The van der Waals surface area contributed by atoms with Gasteiger partial charge in [0.2, 0.25) is 5.11 Å². The molecule has 0 unspecified atom stereocenters. The minimum atomic E-state index is -0.486. The van der Waals surface area contributed by atoms with E-state index in [0.717, 1.165) is 5.52 Å². The summed E-state index contributed by atoms with van der Waals surface area (Å²) in [4.78, 5) is 13.0. The Morgan fingerprint density at radius 1 is 1.21 bits per heavy atom. The molecule has 3 rings (SSSR count). The molecule has 0 radical (unpaired) electrons. The zero-order valence-electron chi connectivity index (χ0n) is 12.1. The topological polar surface area (TPSA) is 116 Å². The number of benzene rings is 2. The smallest absolute Gasteiger partial charge is 0.269 e. The molecule has 0 aliphatic carbocycles. The van der Waals surface area contributed by atoms with Crippen molar-refractivity contribution in [1.82, 2.24) is 4.98 Å². The maximum absolute atomic E-state index is 10.6. The summed E-state index contributed by atoms with van der Waals surface area (Å²) in [6, 6.07) is 12.9. The fourth-order valence-electron chi connectivity index (χ4n) is 2.10. The first kappa shape index (κ1) is 15.6. The lowest BCUT2D eigenvalue weighted by molar-refractivity contribution is -0.384. The highest BCUT2D eigenvalue weighted by atomic mass is 32.1. The van der Waals surface area contributed by atoms with Crippen molar-refractivity contribution in [1.29, 1.82) is 0 Å². The van der Waals surface area contributed by atoms with Crippen molar-refractivity contribution in [3.8, 4) is 5.75 Å². The molecule has 0 aliphatic rings. The number of non-ortho nitro benzene ring substituents is 1. The molecule has 1 heterocycles. The minimum Gasteiger partial charge on any atom is -0.504 e. The highest BCUT2D eigenvalue weighted by Gasteiger charge is 2.09. The number of thiocarbonyl (C=S) groups is 1. The molecule has 3 aromatic rings. The van der Waals surface area contributed by atoms with Gasteiger partial charge in [0.25, 0.3) is 5.69 Å². The highest BCUT2D eigenvalue weighted by molar-refractivity contribution is 7.80. The van der Waals surface area contributed by atoms with Gasteiger partial charge in [0.05, 0.1) is 10.4 Å². The van der Waals surface area contributed by atoms with E-state index in [2.05, 4.69) is 20.5 Å². The molecule has 2 aromatic carbocycles. The highest BCUT2D eigenvalue weighted by Crippen LogP contribution is 2.34. The number of hydrogen-bond donors (Lipinski definition) is 3. The number of aromatic amines is 1. The lowest BCUT2D eigenvalue weighted by Gasteiger charge is -2.02. The van der Waals surface area contributed by atoms with Crippen molar-refractivity contribution in [3.05, 3.63) is 58.6 Å². The zero-order chi connectivity index (χ0) is 17.1. The maximum atomic E-state index is 10.6. The van der Waals surface area contributed by atoms with E-state index in [0.29, 0.717) is 11.1 Å². The monoisotopic (exact) mass is 341 g/mol. The van der Waals surface area contributed by atoms with Crippen molar-refractivity contribution < 1.29 is 10.0 Å². The van der Waals surface area contributed by atoms with Crippen LogP contribution in [0.2, 0.25) is 0 Å². The van der Waals surface area contributed by atoms with Gasteiger partial charge in [0, 0.05) is 23.2 Å². The number of nitrogens with one attached hydrogen (secondary N) is 2. The Bertz CT molecular complexity index is 949. The van der Waals surface area contributed by atoms with Gasteiger partial charge < -0.3 is 15.4 Å². The number of fused-ring (bicyclic) bond motifs is 1. The summed E-state index contributed by atoms with van der Waals surface area (Å²) in [6.45, 7) is 0. The standard InChI is InChI=1S/C15H11N5O3S/c21-13-11-3-1-2-4-12(11)17-14(13)18-19-15(24)16-9-5-7-10(8-6-9)20(22)23/h1-8,17,21H,(H,16,24). The lowest BCUT2D eigenvalue weighted by Crippen LogP contribution is -2.04. The van der Waals surface area contributed by atoms with Gasteiger partial charge in [-0.05, 0) is 36.5 Å². The molecular formula is C15H11N5O3S. The van der Waals surface area contributed by atoms with E-state index in [9.17, 15) is 15.2 Å². The van der Waals surface area contributed by atoms with Crippen LogP contribution >= 0.6 is 12.2 Å². The lowest BCUT2D eigenvalue weighted by atomic mass is 10.2. The number of aromatic nitrogens is 1. The van der Waals surface area contributed by atoms with Gasteiger partial charge in [-0.25, -0.2) is 0 Å². The van der Waals surface area contributed by atoms with Crippen molar-refractivity contribution in [2.75, 3.05) is 5.32 Å². The van der Waals surface area contributed by atoms with Crippen LogP contribution in [0.15, 0.2) is 58.8 Å². The summed E-state index contributed by atoms with van der Waals surface area (Å²) >= 11 is 5.04. The molecule has 0 spiro atoms. The SMILES string of the molecule is O=[N+]([O-])c1ccc(NC(=S)N=Nc2[nH]c3ccccc3c2O)cc1. The van der Waals surface area contributed by atoms with Crippen LogP contribution in [0, 0.1) is 10.1 Å². The van der Waals surface area contributed by atoms with Gasteiger partial charge in [-0.3, -0.25) is 10.1 Å². The Balaban J connectivity index is 1.72. The third-order valence-electron chi connectivity index (χ3n) is 3.23. The largest absolute Gasteiger partial charge is 0.504 e. The Labute approximate surface area is 141 Å². The molecule has 0 fully saturated rings. The second-order valence-electron chi connectivity index (χ2n) is 4.80. The molecule has 24 heavy (non-hydrogen) atoms. The molecule has 120 valence electrons. The van der Waals surface area contributed by atoms with Crippen molar-refractivity contribution in [2.24, 2.45) is 10.2 Å². The van der Waals surface area contributed by atoms with Gasteiger partial charge in [0.1, 0.15) is 0 Å². The minimum absolute atomic E-state index is 0.00696. The second-order valence-corrected chi connectivity index (χ2v) is 5.19. The number of aromatic hydroxyl groups is 1. The Hall–Kier alpha value is -3.33. The number of nitro groups is 1. The van der Waals surface area contributed by atoms with Gasteiger partial charge in [-0.15, -0.1) is 10.2 Å². The molecule has 0 saturated heterocycles. The van der Waals surface area contributed by atoms with E-state index >= 15 is 0 Å². The van der Waals surface area contributed by atoms with E-state index < -0.39 is 4.92 Å². The fourth-order valence-corrected chi connectivity index (χ4v) is 2.25. The maximum Gasteiger partial charge on any atom is 0.269 e. The predicted octanol–water partition coefficient (Wildman–Crippen LogP) is 4.26. The average Bonchev–Trinajstić information content (AvgIpc) is 2.90. The molecule has 3 N–H and O–H groups in total. The van der Waals surface area contributed by atoms with Crippen LogP contribution in [0.4, 0.5) is 17.2 Å². The molecule has 0 saturated carbocycles. The Morgan fingerprint density at radius 2 is 1.92 bits per heavy atom. The fraction of sp³-hybridized carbons (Fsp3) is 0. The first-order valence-electron chi connectivity index (χ1n) is 6.81. The summed E-state index contributed by atoms with van der Waals surface area (Å²) in [5.41, 5.74) is 1.26. The molecule has 0 atom stereocenters. The molecule has 1 aromatic heterocycles. The first-order valence-corrected chi connectivity index (χ1v) is 7.22. The number of nitrogens with zero attached hydrogens (tertiary/aromatic N) is 3. The van der Waals surface area contributed by atoms with Gasteiger partial charge in [-0.1, -0.05) is 12.1 Å². The summed E-state index contributed by atoms with van der Waals surface area (Å²) < 4.78 is 0. The average molecular weight is 341 g/mol. The van der Waals surface area contributed by atoms with Crippen LogP contribution < -0.4 is 5.32 Å². The Morgan fingerprint density at radius 3 is 2.58 bits per heavy atom. The number of azo groups is 1. The molecule has 0 aliphatic heterocycles. The van der Waals surface area contributed by atoms with E-state index in [1.807, 2.05) is 12.1 Å². The van der Waals surface area contributed by atoms with Gasteiger partial charge in [0.15, 0.2) is 11.6 Å². The molecule has 0 amide bonds. The van der Waals surface area contributed by atoms with Crippen LogP contribution in [0.3, 0.4) is 0 Å². The number of anilines is 1. The van der Waals surface area contributed by atoms with Crippen molar-refractivity contribution >= 4 is 45.4 Å². The zero-order valence-corrected chi connectivity index (χ0v) is 12.9. The van der Waals surface area contributed by atoms with Crippen LogP contribution in [-0.2, 0) is 0 Å². The number of hydrogen-bond acceptors (Lipinski definition) is 5. The first-order chi connectivity index (χ1) is 11.5. The normalized spacial score (nSPS) is 11.0. The molecular weight excluding hydrogens is 330 g/mol. The van der Waals surface area contributed by atoms with E-state index in [4.69, 9.17) is 12.2 Å². The number of para-hydroxylation sites is 1. The van der Waals surface area contributed by atoms with E-state index in [-0.39, 0.29) is 22.4 Å². The van der Waals surface area contributed by atoms with Crippen LogP contribution in [0.5, 0.6) is 5.75 Å². The van der Waals surface area contributed by atoms with Crippen molar-refractivity contribution in [2.45, 2.75) is 0 Å². The van der Waals surface area contributed by atoms with Crippen LogP contribution in [0.25, 0.3) is 10.9 Å². The third-order valence-corrected chi connectivity index (χ3v) is 3.41. The van der Waals surface area contributed by atoms with Crippen molar-refractivity contribution in [3.63, 3.8) is 0 Å². The predicted molar refractivity (Wildman–Crippen MR) is 93.8 cm³/mol. The summed E-state index contributed by atoms with van der Waals surface area (Å²) in [5, 5.41) is 31.9. The van der Waals surface area contributed by atoms with Crippen LogP contribution in [-0.4, -0.2) is 20.1 Å². The van der Waals surface area contributed by atoms with E-state index in [1.165, 1.54) is 24.3 Å². The number of nitro benzene ring substituents is 1.